The van der Waals surface area contributed by atoms with Gasteiger partial charge >= 0.3 is 0 Å². The standard InChI is InChI=1S/C18H24N2O2/c1-15(2)20(14-16-7-4-3-5-8-16)18(21)10-11-19-13-17-9-6-12-22-17/h3-9,12,15,19H,10-11,13-14H2,1-2H3. The van der Waals surface area contributed by atoms with Gasteiger partial charge < -0.3 is 14.6 Å². The molecule has 118 valence electrons. The van der Waals surface area contributed by atoms with Gasteiger partial charge in [0.25, 0.3) is 0 Å². The average molecular weight is 300 g/mol. The number of nitrogens with zero attached hydrogens (tertiary/aromatic N) is 1. The Morgan fingerprint density at radius 2 is 1.95 bits per heavy atom. The van der Waals surface area contributed by atoms with Crippen molar-refractivity contribution in [3.8, 4) is 0 Å². The lowest BCUT2D eigenvalue weighted by Crippen LogP contribution is -2.37. The Balaban J connectivity index is 1.79. The number of carbonyl (C=O) groups excluding carboxylic acids is 1. The molecule has 0 bridgehead atoms. The zero-order valence-electron chi connectivity index (χ0n) is 13.3. The molecule has 0 aliphatic carbocycles. The van der Waals surface area contributed by atoms with E-state index in [9.17, 15) is 4.79 Å². The van der Waals surface area contributed by atoms with Crippen LogP contribution in [0.3, 0.4) is 0 Å². The summed E-state index contributed by atoms with van der Waals surface area (Å²) in [6.07, 6.45) is 2.15. The molecule has 22 heavy (non-hydrogen) atoms. The molecule has 4 heteroatoms. The van der Waals surface area contributed by atoms with Crippen molar-refractivity contribution >= 4 is 5.91 Å². The van der Waals surface area contributed by atoms with Crippen LogP contribution in [-0.4, -0.2) is 23.4 Å². The van der Waals surface area contributed by atoms with E-state index in [-0.39, 0.29) is 11.9 Å². The fourth-order valence-corrected chi connectivity index (χ4v) is 2.30. The Morgan fingerprint density at radius 1 is 1.18 bits per heavy atom. The van der Waals surface area contributed by atoms with Gasteiger partial charge in [-0.1, -0.05) is 30.3 Å². The van der Waals surface area contributed by atoms with Gasteiger partial charge in [0.15, 0.2) is 0 Å². The van der Waals surface area contributed by atoms with Gasteiger partial charge in [-0.15, -0.1) is 0 Å². The van der Waals surface area contributed by atoms with Crippen LogP contribution in [0.15, 0.2) is 53.1 Å². The molecule has 1 amide bonds. The van der Waals surface area contributed by atoms with Crippen molar-refractivity contribution in [2.75, 3.05) is 6.54 Å². The zero-order chi connectivity index (χ0) is 15.8. The number of rotatable bonds is 8. The van der Waals surface area contributed by atoms with Crippen molar-refractivity contribution in [2.45, 2.75) is 39.4 Å². The number of carbonyl (C=O) groups is 1. The van der Waals surface area contributed by atoms with Crippen LogP contribution >= 0.6 is 0 Å². The fourth-order valence-electron chi connectivity index (χ4n) is 2.30. The molecule has 0 unspecified atom stereocenters. The smallest absolute Gasteiger partial charge is 0.224 e. The number of benzene rings is 1. The molecule has 0 saturated heterocycles. The molecule has 2 aromatic rings. The van der Waals surface area contributed by atoms with Crippen LogP contribution < -0.4 is 5.32 Å². The molecule has 0 aliphatic rings. The summed E-state index contributed by atoms with van der Waals surface area (Å²) in [5, 5.41) is 3.24. The molecule has 4 nitrogen and oxygen atoms in total. The number of furan rings is 1. The molecule has 0 spiro atoms. The van der Waals surface area contributed by atoms with E-state index >= 15 is 0 Å². The first-order valence-electron chi connectivity index (χ1n) is 7.73. The SMILES string of the molecule is CC(C)N(Cc1ccccc1)C(=O)CCNCc1ccco1. The van der Waals surface area contributed by atoms with Gasteiger partial charge in [-0.05, 0) is 31.5 Å². The van der Waals surface area contributed by atoms with Crippen LogP contribution in [0, 0.1) is 0 Å². The number of nitrogens with one attached hydrogen (secondary N) is 1. The number of hydrogen-bond acceptors (Lipinski definition) is 3. The number of amides is 1. The third-order valence-corrected chi connectivity index (χ3v) is 3.53. The van der Waals surface area contributed by atoms with Gasteiger partial charge in [-0.3, -0.25) is 4.79 Å². The Kier molecular flexibility index (Phi) is 6.22. The van der Waals surface area contributed by atoms with Crippen molar-refractivity contribution in [3.63, 3.8) is 0 Å². The second-order valence-electron chi connectivity index (χ2n) is 5.61. The van der Waals surface area contributed by atoms with Crippen molar-refractivity contribution < 1.29 is 9.21 Å². The van der Waals surface area contributed by atoms with E-state index in [1.165, 1.54) is 0 Å². The van der Waals surface area contributed by atoms with Gasteiger partial charge in [0.2, 0.25) is 5.91 Å². The largest absolute Gasteiger partial charge is 0.468 e. The highest BCUT2D eigenvalue weighted by atomic mass is 16.3. The molecule has 1 aromatic heterocycles. The first kappa shape index (κ1) is 16.3. The van der Waals surface area contributed by atoms with E-state index in [0.29, 0.717) is 26.1 Å². The molecule has 0 saturated carbocycles. The second-order valence-corrected chi connectivity index (χ2v) is 5.61. The molecule has 2 rings (SSSR count). The lowest BCUT2D eigenvalue weighted by molar-refractivity contribution is -0.133. The minimum absolute atomic E-state index is 0.172. The average Bonchev–Trinajstić information content (AvgIpc) is 3.03. The molecule has 0 aliphatic heterocycles. The summed E-state index contributed by atoms with van der Waals surface area (Å²) in [4.78, 5) is 14.3. The van der Waals surface area contributed by atoms with E-state index in [0.717, 1.165) is 11.3 Å². The molecule has 1 heterocycles. The monoisotopic (exact) mass is 300 g/mol. The Labute approximate surface area is 132 Å². The minimum atomic E-state index is 0.172. The van der Waals surface area contributed by atoms with E-state index in [2.05, 4.69) is 31.3 Å². The highest BCUT2D eigenvalue weighted by Gasteiger charge is 2.16. The van der Waals surface area contributed by atoms with Gasteiger partial charge in [0.05, 0.1) is 12.8 Å². The topological polar surface area (TPSA) is 45.5 Å². The molecule has 1 N–H and O–H groups in total. The van der Waals surface area contributed by atoms with Crippen LogP contribution in [0.2, 0.25) is 0 Å². The first-order chi connectivity index (χ1) is 10.7. The summed E-state index contributed by atoms with van der Waals surface area (Å²) < 4.78 is 5.25. The fraction of sp³-hybridized carbons (Fsp3) is 0.389. The van der Waals surface area contributed by atoms with Crippen LogP contribution in [-0.2, 0) is 17.9 Å². The summed E-state index contributed by atoms with van der Waals surface area (Å²) in [5.74, 6) is 1.06. The highest BCUT2D eigenvalue weighted by Crippen LogP contribution is 2.10. The summed E-state index contributed by atoms with van der Waals surface area (Å²) in [7, 11) is 0. The van der Waals surface area contributed by atoms with Crippen molar-refractivity contribution in [3.05, 3.63) is 60.1 Å². The van der Waals surface area contributed by atoms with Gasteiger partial charge in [0, 0.05) is 25.6 Å². The lowest BCUT2D eigenvalue weighted by atomic mass is 10.1. The minimum Gasteiger partial charge on any atom is -0.468 e. The van der Waals surface area contributed by atoms with Crippen LogP contribution in [0.4, 0.5) is 0 Å². The third kappa shape index (κ3) is 5.04. The lowest BCUT2D eigenvalue weighted by Gasteiger charge is -2.27. The molecule has 0 fully saturated rings. The number of hydrogen-bond donors (Lipinski definition) is 1. The van der Waals surface area contributed by atoms with Gasteiger partial charge in [-0.2, -0.15) is 0 Å². The normalized spacial score (nSPS) is 10.9. The maximum absolute atomic E-state index is 12.4. The van der Waals surface area contributed by atoms with Crippen molar-refractivity contribution in [1.82, 2.24) is 10.2 Å². The molecular weight excluding hydrogens is 276 g/mol. The molecule has 0 radical (unpaired) electrons. The van der Waals surface area contributed by atoms with E-state index in [1.54, 1.807) is 6.26 Å². The maximum atomic E-state index is 12.4. The Morgan fingerprint density at radius 3 is 2.59 bits per heavy atom. The van der Waals surface area contributed by atoms with Crippen LogP contribution in [0.25, 0.3) is 0 Å². The predicted molar refractivity (Wildman–Crippen MR) is 87.2 cm³/mol. The second kappa shape index (κ2) is 8.39. The van der Waals surface area contributed by atoms with E-state index in [4.69, 9.17) is 4.42 Å². The Hall–Kier alpha value is -2.07. The summed E-state index contributed by atoms with van der Waals surface area (Å²) >= 11 is 0. The summed E-state index contributed by atoms with van der Waals surface area (Å²) in [6.45, 7) is 6.07. The van der Waals surface area contributed by atoms with E-state index in [1.807, 2.05) is 35.2 Å². The summed E-state index contributed by atoms with van der Waals surface area (Å²) in [5.41, 5.74) is 1.16. The maximum Gasteiger partial charge on any atom is 0.224 e. The van der Waals surface area contributed by atoms with Gasteiger partial charge in [-0.25, -0.2) is 0 Å². The van der Waals surface area contributed by atoms with Crippen LogP contribution in [0.5, 0.6) is 0 Å². The third-order valence-electron chi connectivity index (χ3n) is 3.53. The zero-order valence-corrected chi connectivity index (χ0v) is 13.3. The van der Waals surface area contributed by atoms with Crippen molar-refractivity contribution in [1.29, 1.82) is 0 Å². The molecule has 0 atom stereocenters. The first-order valence-corrected chi connectivity index (χ1v) is 7.73. The molecule has 1 aromatic carbocycles. The Bertz CT molecular complexity index is 550. The van der Waals surface area contributed by atoms with Crippen LogP contribution in [0.1, 0.15) is 31.6 Å². The highest BCUT2D eigenvalue weighted by molar-refractivity contribution is 5.76. The quantitative estimate of drug-likeness (QED) is 0.762. The van der Waals surface area contributed by atoms with E-state index < -0.39 is 0 Å². The predicted octanol–water partition coefficient (Wildman–Crippen LogP) is 3.20. The summed E-state index contributed by atoms with van der Waals surface area (Å²) in [6, 6.07) is 14.1. The van der Waals surface area contributed by atoms with Crippen molar-refractivity contribution in [2.24, 2.45) is 0 Å². The van der Waals surface area contributed by atoms with Gasteiger partial charge in [0.1, 0.15) is 5.76 Å². The molecular formula is C18H24N2O2.